The van der Waals surface area contributed by atoms with Crippen LogP contribution in [0.5, 0.6) is 0 Å². The first kappa shape index (κ1) is 12.5. The molecule has 100 valence electrons. The summed E-state index contributed by atoms with van der Waals surface area (Å²) < 4.78 is 0. The van der Waals surface area contributed by atoms with Gasteiger partial charge in [-0.1, -0.05) is 24.3 Å². The van der Waals surface area contributed by atoms with Crippen LogP contribution in [0.4, 0.5) is 5.82 Å². The van der Waals surface area contributed by atoms with Crippen LogP contribution in [0.2, 0.25) is 0 Å². The van der Waals surface area contributed by atoms with E-state index in [1.165, 1.54) is 0 Å². The molecule has 20 heavy (non-hydrogen) atoms. The first-order valence-electron chi connectivity index (χ1n) is 6.58. The minimum Gasteiger partial charge on any atom is -0.371 e. The number of hydrogen-bond donors (Lipinski definition) is 1. The van der Waals surface area contributed by atoms with E-state index in [4.69, 9.17) is 4.98 Å². The van der Waals surface area contributed by atoms with E-state index in [9.17, 15) is 0 Å². The highest BCUT2D eigenvalue weighted by Crippen LogP contribution is 2.30. The Hall–Kier alpha value is -2.49. The van der Waals surface area contributed by atoms with Crippen LogP contribution in [0.15, 0.2) is 36.5 Å². The lowest BCUT2D eigenvalue weighted by atomic mass is 10.1. The molecule has 0 radical (unpaired) electrons. The summed E-state index contributed by atoms with van der Waals surface area (Å²) in [7, 11) is 1.86. The molecule has 0 aliphatic rings. The maximum atomic E-state index is 4.70. The summed E-state index contributed by atoms with van der Waals surface area (Å²) in [6, 6.07) is 10.1. The van der Waals surface area contributed by atoms with Crippen molar-refractivity contribution in [2.45, 2.75) is 13.8 Å². The van der Waals surface area contributed by atoms with Gasteiger partial charge in [-0.2, -0.15) is 0 Å². The van der Waals surface area contributed by atoms with Gasteiger partial charge < -0.3 is 5.32 Å². The third-order valence-electron chi connectivity index (χ3n) is 3.43. The van der Waals surface area contributed by atoms with E-state index in [2.05, 4.69) is 27.4 Å². The van der Waals surface area contributed by atoms with Gasteiger partial charge in [0.2, 0.25) is 0 Å². The third kappa shape index (κ3) is 1.99. The molecule has 0 saturated carbocycles. The molecule has 0 amide bonds. The van der Waals surface area contributed by atoms with Crippen LogP contribution in [-0.4, -0.2) is 22.0 Å². The van der Waals surface area contributed by atoms with Crippen LogP contribution in [0.3, 0.4) is 0 Å². The van der Waals surface area contributed by atoms with E-state index >= 15 is 0 Å². The standard InChI is InChI=1S/C16H16N4/c1-10-11(2)20-16(17-3)15(19-10)13-8-4-6-12-7-5-9-18-14(12)13/h4-9H,1-3H3,(H,17,20). The Morgan fingerprint density at radius 3 is 2.50 bits per heavy atom. The fraction of sp³-hybridized carbons (Fsp3) is 0.188. The van der Waals surface area contributed by atoms with Gasteiger partial charge in [-0.05, 0) is 19.9 Å². The van der Waals surface area contributed by atoms with Crippen molar-refractivity contribution < 1.29 is 0 Å². The lowest BCUT2D eigenvalue weighted by Gasteiger charge is -2.12. The van der Waals surface area contributed by atoms with Crippen molar-refractivity contribution >= 4 is 16.7 Å². The number of anilines is 1. The van der Waals surface area contributed by atoms with Gasteiger partial charge in [-0.15, -0.1) is 0 Å². The number of aryl methyl sites for hydroxylation is 2. The molecule has 0 unspecified atom stereocenters. The number of rotatable bonds is 2. The summed E-state index contributed by atoms with van der Waals surface area (Å²) in [5.74, 6) is 0.784. The summed E-state index contributed by atoms with van der Waals surface area (Å²) in [4.78, 5) is 13.8. The van der Waals surface area contributed by atoms with Crippen LogP contribution in [0.25, 0.3) is 22.2 Å². The number of fused-ring (bicyclic) bond motifs is 1. The van der Waals surface area contributed by atoms with Gasteiger partial charge in [-0.25, -0.2) is 9.97 Å². The molecule has 4 nitrogen and oxygen atoms in total. The van der Waals surface area contributed by atoms with E-state index < -0.39 is 0 Å². The van der Waals surface area contributed by atoms with Crippen molar-refractivity contribution in [2.75, 3.05) is 12.4 Å². The topological polar surface area (TPSA) is 50.7 Å². The molecule has 3 aromatic rings. The Kier molecular flexibility index (Phi) is 3.06. The van der Waals surface area contributed by atoms with Gasteiger partial charge in [0.05, 0.1) is 16.9 Å². The third-order valence-corrected chi connectivity index (χ3v) is 3.43. The summed E-state index contributed by atoms with van der Waals surface area (Å²) in [5.41, 5.74) is 4.67. The Labute approximate surface area is 117 Å². The average molecular weight is 264 g/mol. The van der Waals surface area contributed by atoms with E-state index in [0.717, 1.165) is 39.4 Å². The second-order valence-electron chi connectivity index (χ2n) is 4.72. The van der Waals surface area contributed by atoms with Gasteiger partial charge in [0.15, 0.2) is 5.82 Å². The smallest absolute Gasteiger partial charge is 0.152 e. The van der Waals surface area contributed by atoms with Gasteiger partial charge >= 0.3 is 0 Å². The van der Waals surface area contributed by atoms with E-state index in [1.54, 1.807) is 6.20 Å². The number of nitrogens with one attached hydrogen (secondary N) is 1. The largest absolute Gasteiger partial charge is 0.371 e. The molecular formula is C16H16N4. The Morgan fingerprint density at radius 1 is 0.950 bits per heavy atom. The Balaban J connectivity index is 2.33. The fourth-order valence-electron chi connectivity index (χ4n) is 2.26. The fourth-order valence-corrected chi connectivity index (χ4v) is 2.26. The number of benzene rings is 1. The summed E-state index contributed by atoms with van der Waals surface area (Å²) in [6.45, 7) is 3.94. The average Bonchev–Trinajstić information content (AvgIpc) is 2.49. The lowest BCUT2D eigenvalue weighted by molar-refractivity contribution is 1.05. The normalized spacial score (nSPS) is 10.8. The quantitative estimate of drug-likeness (QED) is 0.771. The summed E-state index contributed by atoms with van der Waals surface area (Å²) in [6.07, 6.45) is 1.80. The van der Waals surface area contributed by atoms with Crippen LogP contribution < -0.4 is 5.32 Å². The van der Waals surface area contributed by atoms with Gasteiger partial charge in [0.25, 0.3) is 0 Å². The molecule has 2 aromatic heterocycles. The first-order chi connectivity index (χ1) is 9.70. The second kappa shape index (κ2) is 4.89. The van der Waals surface area contributed by atoms with Gasteiger partial charge in [0, 0.05) is 24.2 Å². The van der Waals surface area contributed by atoms with E-state index in [-0.39, 0.29) is 0 Å². The Bertz CT molecular complexity index is 775. The molecule has 3 rings (SSSR count). The molecular weight excluding hydrogens is 248 g/mol. The molecule has 0 atom stereocenters. The van der Waals surface area contributed by atoms with E-state index in [1.807, 2.05) is 39.1 Å². The highest BCUT2D eigenvalue weighted by molar-refractivity contribution is 5.94. The van der Waals surface area contributed by atoms with Crippen molar-refractivity contribution in [2.24, 2.45) is 0 Å². The van der Waals surface area contributed by atoms with Crippen molar-refractivity contribution in [3.63, 3.8) is 0 Å². The predicted molar refractivity (Wildman–Crippen MR) is 81.8 cm³/mol. The second-order valence-corrected chi connectivity index (χ2v) is 4.72. The van der Waals surface area contributed by atoms with Crippen molar-refractivity contribution in [3.8, 4) is 11.3 Å². The van der Waals surface area contributed by atoms with Crippen LogP contribution in [-0.2, 0) is 0 Å². The lowest BCUT2D eigenvalue weighted by Crippen LogP contribution is -2.03. The molecule has 1 aromatic carbocycles. The molecule has 0 spiro atoms. The highest BCUT2D eigenvalue weighted by Gasteiger charge is 2.13. The number of nitrogens with zero attached hydrogens (tertiary/aromatic N) is 3. The maximum absolute atomic E-state index is 4.70. The molecule has 0 aliphatic carbocycles. The monoisotopic (exact) mass is 264 g/mol. The van der Waals surface area contributed by atoms with E-state index in [0.29, 0.717) is 0 Å². The van der Waals surface area contributed by atoms with Gasteiger partial charge in [-0.3, -0.25) is 4.98 Å². The van der Waals surface area contributed by atoms with Crippen molar-refractivity contribution in [1.29, 1.82) is 0 Å². The molecule has 0 aliphatic heterocycles. The van der Waals surface area contributed by atoms with Gasteiger partial charge in [0.1, 0.15) is 5.69 Å². The number of aromatic nitrogens is 3. The summed E-state index contributed by atoms with van der Waals surface area (Å²) in [5, 5.41) is 4.23. The minimum atomic E-state index is 0.784. The first-order valence-corrected chi connectivity index (χ1v) is 6.58. The van der Waals surface area contributed by atoms with Crippen LogP contribution in [0.1, 0.15) is 11.4 Å². The highest BCUT2D eigenvalue weighted by atomic mass is 15.0. The zero-order valence-electron chi connectivity index (χ0n) is 11.8. The zero-order valence-corrected chi connectivity index (χ0v) is 11.8. The minimum absolute atomic E-state index is 0.784. The molecule has 4 heteroatoms. The molecule has 0 fully saturated rings. The number of pyridine rings is 1. The number of para-hydroxylation sites is 1. The Morgan fingerprint density at radius 2 is 1.70 bits per heavy atom. The summed E-state index contributed by atoms with van der Waals surface area (Å²) >= 11 is 0. The zero-order chi connectivity index (χ0) is 14.1. The predicted octanol–water partition coefficient (Wildman–Crippen LogP) is 3.35. The van der Waals surface area contributed by atoms with Crippen LogP contribution in [0, 0.1) is 13.8 Å². The molecule has 0 bridgehead atoms. The SMILES string of the molecule is CNc1nc(C)c(C)nc1-c1cccc2cccnc12. The van der Waals surface area contributed by atoms with Crippen molar-refractivity contribution in [3.05, 3.63) is 47.9 Å². The molecule has 0 saturated heterocycles. The molecule has 2 heterocycles. The molecule has 1 N–H and O–H groups in total. The maximum Gasteiger partial charge on any atom is 0.152 e. The van der Waals surface area contributed by atoms with Crippen LogP contribution >= 0.6 is 0 Å². The van der Waals surface area contributed by atoms with Crippen molar-refractivity contribution in [1.82, 2.24) is 15.0 Å². The number of hydrogen-bond acceptors (Lipinski definition) is 4.